The first-order chi connectivity index (χ1) is 9.88. The maximum atomic E-state index is 6.70. The molecule has 2 N–H and O–H groups in total. The first-order valence-corrected chi connectivity index (χ1v) is 7.56. The van der Waals surface area contributed by atoms with E-state index in [0.29, 0.717) is 0 Å². The molecule has 21 heavy (non-hydrogen) atoms. The zero-order valence-electron chi connectivity index (χ0n) is 14.3. The molecular formula is C17H30N2O2. The van der Waals surface area contributed by atoms with Crippen LogP contribution >= 0.6 is 0 Å². The highest BCUT2D eigenvalue weighted by molar-refractivity contribution is 5.45. The summed E-state index contributed by atoms with van der Waals surface area (Å²) in [6, 6.07) is 6.22. The Hall–Kier alpha value is -1.26. The van der Waals surface area contributed by atoms with E-state index in [2.05, 4.69) is 32.8 Å². The fourth-order valence-corrected chi connectivity index (χ4v) is 2.86. The Labute approximate surface area is 129 Å². The molecule has 0 fully saturated rings. The number of nitrogens with zero attached hydrogens (tertiary/aromatic N) is 1. The van der Waals surface area contributed by atoms with E-state index in [4.69, 9.17) is 15.2 Å². The fraction of sp³-hybridized carbons (Fsp3) is 0.647. The Balaban J connectivity index is 3.14. The van der Waals surface area contributed by atoms with Gasteiger partial charge < -0.3 is 20.1 Å². The molecule has 0 radical (unpaired) electrons. The Morgan fingerprint density at radius 3 is 2.29 bits per heavy atom. The largest absolute Gasteiger partial charge is 0.493 e. The molecule has 0 aromatic heterocycles. The molecule has 1 rings (SSSR count). The maximum absolute atomic E-state index is 6.70. The molecule has 0 saturated carbocycles. The number of methoxy groups -OCH3 is 2. The predicted octanol–water partition coefficient (Wildman–Crippen LogP) is 3.00. The lowest BCUT2D eigenvalue weighted by Crippen LogP contribution is -2.52. The lowest BCUT2D eigenvalue weighted by Gasteiger charge is -2.39. The van der Waals surface area contributed by atoms with Crippen LogP contribution < -0.4 is 15.2 Å². The summed E-state index contributed by atoms with van der Waals surface area (Å²) in [5.41, 5.74) is 7.32. The number of hydrogen-bond acceptors (Lipinski definition) is 4. The summed E-state index contributed by atoms with van der Waals surface area (Å²) in [7, 11) is 7.47. The van der Waals surface area contributed by atoms with E-state index in [-0.39, 0.29) is 6.04 Å². The molecule has 1 aromatic rings. The molecule has 0 aliphatic heterocycles. The highest BCUT2D eigenvalue weighted by Gasteiger charge is 2.33. The van der Waals surface area contributed by atoms with Crippen LogP contribution in [-0.2, 0) is 5.54 Å². The summed E-state index contributed by atoms with van der Waals surface area (Å²) in [6.07, 6.45) is 3.42. The average Bonchev–Trinajstić information content (AvgIpc) is 2.46. The van der Waals surface area contributed by atoms with E-state index in [1.165, 1.54) is 12.8 Å². The Kier molecular flexibility index (Phi) is 6.49. The van der Waals surface area contributed by atoms with Crippen molar-refractivity contribution in [3.63, 3.8) is 0 Å². The molecule has 4 heteroatoms. The van der Waals surface area contributed by atoms with Gasteiger partial charge in [0, 0.05) is 6.04 Å². The zero-order chi connectivity index (χ0) is 16.0. The normalized spacial score (nSPS) is 15.6. The number of ether oxygens (including phenoxy) is 2. The van der Waals surface area contributed by atoms with Crippen molar-refractivity contribution in [1.82, 2.24) is 4.90 Å². The monoisotopic (exact) mass is 294 g/mol. The summed E-state index contributed by atoms with van der Waals surface area (Å²) >= 11 is 0. The molecule has 1 aromatic carbocycles. The van der Waals surface area contributed by atoms with E-state index in [1.807, 2.05) is 18.2 Å². The molecule has 0 aliphatic rings. The van der Waals surface area contributed by atoms with Crippen LogP contribution in [0.4, 0.5) is 0 Å². The van der Waals surface area contributed by atoms with Crippen LogP contribution in [0.1, 0.15) is 38.7 Å². The number of unbranched alkanes of at least 4 members (excludes halogenated alkanes) is 1. The quantitative estimate of drug-likeness (QED) is 0.800. The molecule has 0 aliphatic carbocycles. The van der Waals surface area contributed by atoms with Crippen LogP contribution in [0.15, 0.2) is 18.2 Å². The second kappa shape index (κ2) is 7.66. The number of hydrogen-bond donors (Lipinski definition) is 1. The topological polar surface area (TPSA) is 47.7 Å². The van der Waals surface area contributed by atoms with Crippen LogP contribution in [0, 0.1) is 0 Å². The van der Waals surface area contributed by atoms with Gasteiger partial charge in [0.1, 0.15) is 0 Å². The van der Waals surface area contributed by atoms with E-state index in [9.17, 15) is 0 Å². The van der Waals surface area contributed by atoms with Crippen molar-refractivity contribution < 1.29 is 9.47 Å². The van der Waals surface area contributed by atoms with Gasteiger partial charge in [-0.05, 0) is 45.1 Å². The highest BCUT2D eigenvalue weighted by atomic mass is 16.5. The van der Waals surface area contributed by atoms with Crippen LogP contribution in [0.5, 0.6) is 11.5 Å². The maximum Gasteiger partial charge on any atom is 0.161 e. The van der Waals surface area contributed by atoms with Crippen LogP contribution in [0.2, 0.25) is 0 Å². The lowest BCUT2D eigenvalue weighted by atomic mass is 9.82. The Morgan fingerprint density at radius 1 is 1.19 bits per heavy atom. The van der Waals surface area contributed by atoms with Crippen molar-refractivity contribution in [3.05, 3.63) is 23.8 Å². The fourth-order valence-electron chi connectivity index (χ4n) is 2.86. The number of likely N-dealkylation sites (N-methyl/N-ethyl adjacent to an activating group) is 1. The van der Waals surface area contributed by atoms with Crippen LogP contribution in [0.3, 0.4) is 0 Å². The molecule has 0 saturated heterocycles. The van der Waals surface area contributed by atoms with Gasteiger partial charge >= 0.3 is 0 Å². The van der Waals surface area contributed by atoms with E-state index < -0.39 is 5.54 Å². The van der Waals surface area contributed by atoms with E-state index in [0.717, 1.165) is 23.5 Å². The third-order valence-corrected chi connectivity index (χ3v) is 4.15. The van der Waals surface area contributed by atoms with Gasteiger partial charge in [0.15, 0.2) is 11.5 Å². The minimum absolute atomic E-state index is 0.274. The van der Waals surface area contributed by atoms with Gasteiger partial charge in [-0.1, -0.05) is 25.8 Å². The zero-order valence-corrected chi connectivity index (χ0v) is 14.3. The summed E-state index contributed by atoms with van der Waals surface area (Å²) in [4.78, 5) is 2.21. The van der Waals surface area contributed by atoms with Gasteiger partial charge in [-0.15, -0.1) is 0 Å². The third kappa shape index (κ3) is 4.11. The second-order valence-corrected chi connectivity index (χ2v) is 5.97. The smallest absolute Gasteiger partial charge is 0.161 e. The molecule has 2 atom stereocenters. The molecule has 0 heterocycles. The van der Waals surface area contributed by atoms with Crippen LogP contribution in [0.25, 0.3) is 0 Å². The number of benzene rings is 1. The summed E-state index contributed by atoms with van der Waals surface area (Å²) < 4.78 is 10.7. The SMILES string of the molecule is CCCCC(N(C)C)C(C)(N)c1ccc(OC)c(OC)c1. The van der Waals surface area contributed by atoms with Crippen molar-refractivity contribution in [2.24, 2.45) is 5.73 Å². The minimum Gasteiger partial charge on any atom is -0.493 e. The number of nitrogens with two attached hydrogens (primary N) is 1. The Bertz CT molecular complexity index is 444. The van der Waals surface area contributed by atoms with Crippen molar-refractivity contribution >= 4 is 0 Å². The summed E-state index contributed by atoms with van der Waals surface area (Å²) in [5.74, 6) is 1.45. The van der Waals surface area contributed by atoms with Crippen molar-refractivity contribution in [2.75, 3.05) is 28.3 Å². The third-order valence-electron chi connectivity index (χ3n) is 4.15. The van der Waals surface area contributed by atoms with Crippen molar-refractivity contribution in [3.8, 4) is 11.5 Å². The summed E-state index contributed by atoms with van der Waals surface area (Å²) in [6.45, 7) is 4.30. The molecule has 4 nitrogen and oxygen atoms in total. The van der Waals surface area contributed by atoms with E-state index in [1.54, 1.807) is 14.2 Å². The molecule has 120 valence electrons. The van der Waals surface area contributed by atoms with Gasteiger partial charge in [-0.3, -0.25) is 0 Å². The predicted molar refractivity (Wildman–Crippen MR) is 88.1 cm³/mol. The van der Waals surface area contributed by atoms with Gasteiger partial charge in [0.05, 0.1) is 19.8 Å². The summed E-state index contributed by atoms with van der Waals surface area (Å²) in [5, 5.41) is 0. The van der Waals surface area contributed by atoms with Crippen molar-refractivity contribution in [1.29, 1.82) is 0 Å². The first kappa shape index (κ1) is 17.8. The molecule has 0 bridgehead atoms. The van der Waals surface area contributed by atoms with Gasteiger partial charge in [0.2, 0.25) is 0 Å². The lowest BCUT2D eigenvalue weighted by molar-refractivity contribution is 0.174. The average molecular weight is 294 g/mol. The van der Waals surface area contributed by atoms with Gasteiger partial charge in [-0.2, -0.15) is 0 Å². The molecule has 0 spiro atoms. The molecule has 0 amide bonds. The minimum atomic E-state index is -0.446. The van der Waals surface area contributed by atoms with Gasteiger partial charge in [0.25, 0.3) is 0 Å². The second-order valence-electron chi connectivity index (χ2n) is 5.97. The molecular weight excluding hydrogens is 264 g/mol. The highest BCUT2D eigenvalue weighted by Crippen LogP contribution is 2.34. The number of rotatable bonds is 8. The molecule has 2 unspecified atom stereocenters. The Morgan fingerprint density at radius 2 is 1.81 bits per heavy atom. The van der Waals surface area contributed by atoms with Crippen LogP contribution in [-0.4, -0.2) is 39.3 Å². The van der Waals surface area contributed by atoms with Crippen molar-refractivity contribution in [2.45, 2.75) is 44.7 Å². The van der Waals surface area contributed by atoms with Gasteiger partial charge in [-0.25, -0.2) is 0 Å². The standard InChI is InChI=1S/C17H30N2O2/c1-7-8-9-16(19(3)4)17(2,18)13-10-11-14(20-5)15(12-13)21-6/h10-12,16H,7-9,18H2,1-6H3. The first-order valence-electron chi connectivity index (χ1n) is 7.56. The van der Waals surface area contributed by atoms with E-state index >= 15 is 0 Å².